The number of ether oxygens (including phenoxy) is 1. The van der Waals surface area contributed by atoms with Gasteiger partial charge in [0.05, 0.1) is 12.8 Å². The summed E-state index contributed by atoms with van der Waals surface area (Å²) < 4.78 is 6.91. The monoisotopic (exact) mass is 381 g/mol. The molecule has 2 saturated carbocycles. The van der Waals surface area contributed by atoms with Crippen LogP contribution in [0.1, 0.15) is 45.1 Å². The van der Waals surface area contributed by atoms with Gasteiger partial charge in [-0.15, -0.1) is 0 Å². The van der Waals surface area contributed by atoms with E-state index in [9.17, 15) is 9.59 Å². The van der Waals surface area contributed by atoms with Gasteiger partial charge < -0.3 is 9.30 Å². The summed E-state index contributed by atoms with van der Waals surface area (Å²) >= 11 is 0. The Bertz CT molecular complexity index is 932. The molecule has 0 unspecified atom stereocenters. The topological polar surface area (TPSA) is 72.7 Å². The number of nitrogens with zero attached hydrogens (tertiary/aromatic N) is 2. The summed E-state index contributed by atoms with van der Waals surface area (Å²) in [6.45, 7) is 4.53. The van der Waals surface area contributed by atoms with Crippen LogP contribution in [-0.4, -0.2) is 29.3 Å². The predicted molar refractivity (Wildman–Crippen MR) is 108 cm³/mol. The molecule has 2 aliphatic rings. The van der Waals surface area contributed by atoms with E-state index in [2.05, 4.69) is 17.5 Å². The lowest BCUT2D eigenvalue weighted by atomic mass is 9.90. The Morgan fingerprint density at radius 2 is 2.18 bits per heavy atom. The first-order chi connectivity index (χ1) is 13.5. The van der Waals surface area contributed by atoms with E-state index in [0.717, 1.165) is 29.3 Å². The Morgan fingerprint density at radius 1 is 1.36 bits per heavy atom. The molecule has 2 aliphatic carbocycles. The molecule has 6 nitrogen and oxygen atoms in total. The Hall–Kier alpha value is -2.63. The summed E-state index contributed by atoms with van der Waals surface area (Å²) in [4.78, 5) is 24.4. The summed E-state index contributed by atoms with van der Waals surface area (Å²) in [5.74, 6) is 0.366. The molecular formula is C22H27N3O3. The van der Waals surface area contributed by atoms with Gasteiger partial charge in [0, 0.05) is 28.6 Å². The van der Waals surface area contributed by atoms with Crippen LogP contribution in [-0.2, 0) is 20.9 Å². The number of hydrogen-bond acceptors (Lipinski definition) is 4. The average molecular weight is 381 g/mol. The van der Waals surface area contributed by atoms with E-state index in [1.807, 2.05) is 35.0 Å². The highest BCUT2D eigenvalue weighted by Crippen LogP contribution is 2.66. The maximum absolute atomic E-state index is 12.6. The molecule has 2 aromatic rings. The van der Waals surface area contributed by atoms with Gasteiger partial charge in [0.1, 0.15) is 6.54 Å². The number of amides is 1. The summed E-state index contributed by atoms with van der Waals surface area (Å²) in [6.07, 6.45) is 8.28. The standard InChI is InChI=1S/C22H27N3O3/c1-3-28-19(26)14-25-13-15(16-8-4-5-10-18(16)25)12-23-24-21(27)20-17-9-6-7-11-22(17,20)2/h4-5,8,10,12-13,17,20H,3,6-7,9,11,14H2,1-2H3,(H,24,27)/b23-12-/t17-,20+,22-/m1/s1. The number of carbonyl (C=O) groups excluding carboxylic acids is 2. The molecule has 1 amide bonds. The zero-order valence-corrected chi connectivity index (χ0v) is 16.5. The van der Waals surface area contributed by atoms with E-state index < -0.39 is 0 Å². The molecule has 6 heteroatoms. The maximum Gasteiger partial charge on any atom is 0.325 e. The number of esters is 1. The van der Waals surface area contributed by atoms with Gasteiger partial charge >= 0.3 is 5.97 Å². The first-order valence-electron chi connectivity index (χ1n) is 10.1. The van der Waals surface area contributed by atoms with Crippen LogP contribution in [0.25, 0.3) is 10.9 Å². The van der Waals surface area contributed by atoms with Gasteiger partial charge in [0.15, 0.2) is 0 Å². The third kappa shape index (κ3) is 3.32. The Balaban J connectivity index is 1.47. The van der Waals surface area contributed by atoms with Crippen LogP contribution >= 0.6 is 0 Å². The van der Waals surface area contributed by atoms with Gasteiger partial charge in [-0.25, -0.2) is 5.43 Å². The minimum atomic E-state index is -0.273. The van der Waals surface area contributed by atoms with Gasteiger partial charge in [-0.1, -0.05) is 38.0 Å². The first-order valence-corrected chi connectivity index (χ1v) is 10.1. The van der Waals surface area contributed by atoms with Crippen LogP contribution in [0.3, 0.4) is 0 Å². The maximum atomic E-state index is 12.6. The molecule has 0 radical (unpaired) electrons. The van der Waals surface area contributed by atoms with Crippen molar-refractivity contribution in [2.45, 2.75) is 46.1 Å². The van der Waals surface area contributed by atoms with Crippen molar-refractivity contribution in [2.24, 2.45) is 22.4 Å². The minimum absolute atomic E-state index is 0.0286. The Labute approximate surface area is 164 Å². The molecule has 148 valence electrons. The van der Waals surface area contributed by atoms with Gasteiger partial charge in [0.25, 0.3) is 0 Å². The lowest BCUT2D eigenvalue weighted by Gasteiger charge is -2.15. The Kier molecular flexibility index (Phi) is 4.96. The quantitative estimate of drug-likeness (QED) is 0.473. The number of para-hydroxylation sites is 1. The third-order valence-electron chi connectivity index (χ3n) is 6.42. The molecular weight excluding hydrogens is 354 g/mol. The molecule has 0 aliphatic heterocycles. The van der Waals surface area contributed by atoms with Crippen molar-refractivity contribution < 1.29 is 14.3 Å². The third-order valence-corrected chi connectivity index (χ3v) is 6.42. The van der Waals surface area contributed by atoms with Crippen LogP contribution in [0, 0.1) is 17.3 Å². The van der Waals surface area contributed by atoms with Crippen LogP contribution in [0.2, 0.25) is 0 Å². The number of rotatable bonds is 6. The Morgan fingerprint density at radius 3 is 2.93 bits per heavy atom. The second-order valence-corrected chi connectivity index (χ2v) is 8.10. The smallest absolute Gasteiger partial charge is 0.325 e. The molecule has 1 aromatic heterocycles. The second kappa shape index (κ2) is 7.41. The minimum Gasteiger partial charge on any atom is -0.465 e. The molecule has 2 fully saturated rings. The fraction of sp³-hybridized carbons (Fsp3) is 0.500. The molecule has 1 N–H and O–H groups in total. The number of hydrazone groups is 1. The van der Waals surface area contributed by atoms with Crippen LogP contribution in [0.15, 0.2) is 35.6 Å². The normalized spacial score (nSPS) is 26.2. The molecule has 1 aromatic carbocycles. The highest BCUT2D eigenvalue weighted by atomic mass is 16.5. The summed E-state index contributed by atoms with van der Waals surface area (Å²) in [7, 11) is 0. The molecule has 0 saturated heterocycles. The van der Waals surface area contributed by atoms with Gasteiger partial charge in [-0.3, -0.25) is 9.59 Å². The lowest BCUT2D eigenvalue weighted by Crippen LogP contribution is -2.22. The van der Waals surface area contributed by atoms with Gasteiger partial charge in [0.2, 0.25) is 5.91 Å². The van der Waals surface area contributed by atoms with Crippen LogP contribution in [0.5, 0.6) is 0 Å². The zero-order valence-electron chi connectivity index (χ0n) is 16.5. The zero-order chi connectivity index (χ0) is 19.7. The summed E-state index contributed by atoms with van der Waals surface area (Å²) in [6, 6.07) is 7.82. The first kappa shape index (κ1) is 18.7. The van der Waals surface area contributed by atoms with E-state index in [4.69, 9.17) is 4.74 Å². The highest BCUT2D eigenvalue weighted by molar-refractivity contribution is 6.00. The second-order valence-electron chi connectivity index (χ2n) is 8.10. The van der Waals surface area contributed by atoms with Crippen molar-refractivity contribution in [3.63, 3.8) is 0 Å². The van der Waals surface area contributed by atoms with Crippen molar-refractivity contribution in [2.75, 3.05) is 6.61 Å². The molecule has 1 heterocycles. The number of aromatic nitrogens is 1. The molecule has 3 atom stereocenters. The summed E-state index contributed by atoms with van der Waals surface area (Å²) in [5, 5.41) is 5.20. The summed E-state index contributed by atoms with van der Waals surface area (Å²) in [5.41, 5.74) is 4.71. The van der Waals surface area contributed by atoms with E-state index >= 15 is 0 Å². The van der Waals surface area contributed by atoms with E-state index in [1.54, 1.807) is 13.1 Å². The van der Waals surface area contributed by atoms with Crippen LogP contribution < -0.4 is 5.43 Å². The van der Waals surface area contributed by atoms with E-state index in [-0.39, 0.29) is 29.8 Å². The molecule has 28 heavy (non-hydrogen) atoms. The number of nitrogens with one attached hydrogen (secondary N) is 1. The number of benzene rings is 1. The van der Waals surface area contributed by atoms with E-state index in [1.165, 1.54) is 12.8 Å². The molecule has 0 spiro atoms. The van der Waals surface area contributed by atoms with Crippen molar-refractivity contribution in [3.05, 3.63) is 36.0 Å². The van der Waals surface area contributed by atoms with Gasteiger partial charge in [-0.05, 0) is 37.2 Å². The van der Waals surface area contributed by atoms with Crippen molar-refractivity contribution in [3.8, 4) is 0 Å². The van der Waals surface area contributed by atoms with Crippen molar-refractivity contribution in [1.82, 2.24) is 9.99 Å². The number of carbonyl (C=O) groups is 2. The van der Waals surface area contributed by atoms with Crippen LogP contribution in [0.4, 0.5) is 0 Å². The SMILES string of the molecule is CCOC(=O)Cn1cc(/C=N\NC(=O)[C@@H]2[C@H]3CCCC[C@]32C)c2ccccc21. The molecule has 4 rings (SSSR count). The number of hydrogen-bond donors (Lipinski definition) is 1. The largest absolute Gasteiger partial charge is 0.465 e. The van der Waals surface area contributed by atoms with Crippen molar-refractivity contribution in [1.29, 1.82) is 0 Å². The fourth-order valence-electron chi connectivity index (χ4n) is 4.94. The van der Waals surface area contributed by atoms with Gasteiger partial charge in [-0.2, -0.15) is 5.10 Å². The van der Waals surface area contributed by atoms with Crippen molar-refractivity contribution >= 4 is 29.0 Å². The fourth-order valence-corrected chi connectivity index (χ4v) is 4.94. The number of fused-ring (bicyclic) bond motifs is 2. The highest BCUT2D eigenvalue weighted by Gasteiger charge is 2.64. The van der Waals surface area contributed by atoms with E-state index in [0.29, 0.717) is 12.5 Å². The molecule has 0 bridgehead atoms. The predicted octanol–water partition coefficient (Wildman–Crippen LogP) is 3.48. The lowest BCUT2D eigenvalue weighted by molar-refractivity contribution is -0.143. The average Bonchev–Trinajstić information content (AvgIpc) is 3.18.